The van der Waals surface area contributed by atoms with Gasteiger partial charge in [0, 0.05) is 5.56 Å². The van der Waals surface area contributed by atoms with E-state index in [2.05, 4.69) is 20.0 Å². The van der Waals surface area contributed by atoms with E-state index in [1.54, 1.807) is 0 Å². The lowest BCUT2D eigenvalue weighted by Crippen LogP contribution is -2.13. The number of benzene rings is 1. The van der Waals surface area contributed by atoms with E-state index in [1.807, 2.05) is 0 Å². The Hall–Kier alpha value is -1.99. The van der Waals surface area contributed by atoms with Gasteiger partial charge in [0.25, 0.3) is 5.91 Å². The molecule has 0 radical (unpaired) electrons. The highest BCUT2D eigenvalue weighted by Gasteiger charge is 2.13. The maximum atomic E-state index is 12.0. The number of ether oxygens (including phenoxy) is 1. The van der Waals surface area contributed by atoms with E-state index in [-0.39, 0.29) is 27.3 Å². The average molecular weight is 334 g/mol. The van der Waals surface area contributed by atoms with Crippen LogP contribution in [0.4, 0.5) is 14.5 Å². The van der Waals surface area contributed by atoms with Crippen LogP contribution in [0.15, 0.2) is 30.6 Å². The van der Waals surface area contributed by atoms with Crippen molar-refractivity contribution >= 4 is 34.8 Å². The summed E-state index contributed by atoms with van der Waals surface area (Å²) in [4.78, 5) is 19.3. The maximum Gasteiger partial charge on any atom is 0.387 e. The lowest BCUT2D eigenvalue weighted by atomic mass is 10.2. The van der Waals surface area contributed by atoms with E-state index in [0.29, 0.717) is 0 Å². The lowest BCUT2D eigenvalue weighted by Gasteiger charge is -2.08. The predicted octanol–water partition coefficient (Wildman–Crippen LogP) is 3.64. The molecule has 1 N–H and O–H groups in total. The van der Waals surface area contributed by atoms with Crippen molar-refractivity contribution in [1.82, 2.24) is 9.97 Å². The van der Waals surface area contributed by atoms with Crippen molar-refractivity contribution < 1.29 is 18.3 Å². The molecule has 0 bridgehead atoms. The van der Waals surface area contributed by atoms with Gasteiger partial charge in [0.1, 0.15) is 17.8 Å². The summed E-state index contributed by atoms with van der Waals surface area (Å²) in [5.41, 5.74) is 0.270. The average Bonchev–Trinajstić information content (AvgIpc) is 2.43. The second kappa shape index (κ2) is 6.64. The fourth-order valence-electron chi connectivity index (χ4n) is 1.42. The molecule has 2 rings (SSSR count). The minimum Gasteiger partial charge on any atom is -0.435 e. The molecule has 0 atom stereocenters. The zero-order chi connectivity index (χ0) is 15.4. The quantitative estimate of drug-likeness (QED) is 0.867. The van der Waals surface area contributed by atoms with Gasteiger partial charge in [-0.2, -0.15) is 8.78 Å². The Morgan fingerprint density at radius 2 is 1.71 bits per heavy atom. The second-order valence-electron chi connectivity index (χ2n) is 3.69. The molecular formula is C12H7Cl2F2N3O2. The molecule has 9 heteroatoms. The first-order valence-corrected chi connectivity index (χ1v) is 6.25. The number of anilines is 1. The summed E-state index contributed by atoms with van der Waals surface area (Å²) in [5, 5.41) is 2.41. The molecule has 110 valence electrons. The fraction of sp³-hybridized carbons (Fsp3) is 0.0833. The topological polar surface area (TPSA) is 64.1 Å². The van der Waals surface area contributed by atoms with Crippen LogP contribution in [0.1, 0.15) is 10.4 Å². The molecule has 0 aliphatic heterocycles. The summed E-state index contributed by atoms with van der Waals surface area (Å²) in [6.07, 6.45) is 1.15. The Bertz CT molecular complexity index is 633. The molecule has 0 aliphatic carbocycles. The van der Waals surface area contributed by atoms with Crippen LogP contribution in [0.2, 0.25) is 10.3 Å². The Morgan fingerprint density at radius 1 is 1.14 bits per heavy atom. The van der Waals surface area contributed by atoms with Crippen LogP contribution in [0.3, 0.4) is 0 Å². The monoisotopic (exact) mass is 333 g/mol. The molecule has 0 spiro atoms. The van der Waals surface area contributed by atoms with Crippen LogP contribution >= 0.6 is 23.2 Å². The number of aromatic nitrogens is 2. The van der Waals surface area contributed by atoms with Gasteiger partial charge in [-0.25, -0.2) is 9.97 Å². The van der Waals surface area contributed by atoms with Crippen molar-refractivity contribution in [1.29, 1.82) is 0 Å². The van der Waals surface area contributed by atoms with Crippen LogP contribution in [0.25, 0.3) is 0 Å². The van der Waals surface area contributed by atoms with E-state index in [9.17, 15) is 13.6 Å². The van der Waals surface area contributed by atoms with Gasteiger partial charge >= 0.3 is 6.61 Å². The summed E-state index contributed by atoms with van der Waals surface area (Å²) in [6, 6.07) is 5.12. The van der Waals surface area contributed by atoms with Crippen molar-refractivity contribution in [3.63, 3.8) is 0 Å². The van der Waals surface area contributed by atoms with Gasteiger partial charge in [0.15, 0.2) is 10.3 Å². The van der Waals surface area contributed by atoms with Crippen LogP contribution < -0.4 is 10.1 Å². The molecule has 1 heterocycles. The first-order chi connectivity index (χ1) is 9.97. The van der Waals surface area contributed by atoms with Crippen molar-refractivity contribution in [2.45, 2.75) is 6.61 Å². The zero-order valence-corrected chi connectivity index (χ0v) is 11.7. The smallest absolute Gasteiger partial charge is 0.387 e. The Morgan fingerprint density at radius 3 is 2.24 bits per heavy atom. The largest absolute Gasteiger partial charge is 0.435 e. The lowest BCUT2D eigenvalue weighted by molar-refractivity contribution is -0.0498. The molecule has 5 nitrogen and oxygen atoms in total. The summed E-state index contributed by atoms with van der Waals surface area (Å²) < 4.78 is 28.2. The summed E-state index contributed by atoms with van der Waals surface area (Å²) in [7, 11) is 0. The van der Waals surface area contributed by atoms with Crippen molar-refractivity contribution in [3.05, 3.63) is 46.5 Å². The summed E-state index contributed by atoms with van der Waals surface area (Å²) in [6.45, 7) is -2.93. The highest BCUT2D eigenvalue weighted by atomic mass is 35.5. The first-order valence-electron chi connectivity index (χ1n) is 5.49. The van der Waals surface area contributed by atoms with Gasteiger partial charge in [-0.1, -0.05) is 23.2 Å². The number of rotatable bonds is 4. The number of halogens is 4. The highest BCUT2D eigenvalue weighted by molar-refractivity contribution is 6.38. The number of hydrogen-bond acceptors (Lipinski definition) is 4. The SMILES string of the molecule is O=C(Nc1c(Cl)ncnc1Cl)c1ccc(OC(F)F)cc1. The molecule has 21 heavy (non-hydrogen) atoms. The van der Waals surface area contributed by atoms with Gasteiger partial charge in [0.2, 0.25) is 0 Å². The fourth-order valence-corrected chi connectivity index (χ4v) is 1.83. The minimum absolute atomic E-state index is 0.0130. The maximum absolute atomic E-state index is 12.0. The summed E-state index contributed by atoms with van der Waals surface area (Å²) >= 11 is 11.6. The zero-order valence-electron chi connectivity index (χ0n) is 10.2. The van der Waals surface area contributed by atoms with Gasteiger partial charge in [-0.3, -0.25) is 4.79 Å². The van der Waals surface area contributed by atoms with E-state index in [4.69, 9.17) is 23.2 Å². The Labute approximate surface area is 127 Å². The van der Waals surface area contributed by atoms with Crippen LogP contribution in [0, 0.1) is 0 Å². The van der Waals surface area contributed by atoms with Crippen LogP contribution in [-0.2, 0) is 0 Å². The van der Waals surface area contributed by atoms with E-state index in [0.717, 1.165) is 6.33 Å². The molecule has 1 amide bonds. The number of amides is 1. The highest BCUT2D eigenvalue weighted by Crippen LogP contribution is 2.26. The number of carbonyl (C=O) groups excluding carboxylic acids is 1. The Balaban J connectivity index is 2.13. The standard InChI is InChI=1S/C12H7Cl2F2N3O2/c13-9-8(10(14)18-5-17-9)19-11(20)6-1-3-7(4-2-6)21-12(15)16/h1-5,12H,(H,19,20). The molecule has 0 unspecified atom stereocenters. The molecule has 2 aromatic rings. The molecule has 0 aliphatic rings. The van der Waals surface area contributed by atoms with Crippen molar-refractivity contribution in [3.8, 4) is 5.75 Å². The number of hydrogen-bond donors (Lipinski definition) is 1. The minimum atomic E-state index is -2.93. The van der Waals surface area contributed by atoms with Crippen LogP contribution in [-0.4, -0.2) is 22.5 Å². The molecule has 1 aromatic carbocycles. The molecule has 0 saturated heterocycles. The normalized spacial score (nSPS) is 10.5. The number of alkyl halides is 2. The van der Waals surface area contributed by atoms with Gasteiger partial charge in [0.05, 0.1) is 0 Å². The molecule has 0 saturated carbocycles. The Kier molecular flexibility index (Phi) is 4.87. The predicted molar refractivity (Wildman–Crippen MR) is 73.1 cm³/mol. The van der Waals surface area contributed by atoms with Crippen LogP contribution in [0.5, 0.6) is 5.75 Å². The molecular weight excluding hydrogens is 327 g/mol. The van der Waals surface area contributed by atoms with Gasteiger partial charge < -0.3 is 10.1 Å². The van der Waals surface area contributed by atoms with E-state index >= 15 is 0 Å². The molecule has 1 aromatic heterocycles. The van der Waals surface area contributed by atoms with Gasteiger partial charge in [-0.05, 0) is 24.3 Å². The third-order valence-electron chi connectivity index (χ3n) is 2.33. The summed E-state index contributed by atoms with van der Waals surface area (Å²) in [5.74, 6) is -0.599. The van der Waals surface area contributed by atoms with E-state index in [1.165, 1.54) is 24.3 Å². The number of nitrogens with zero attached hydrogens (tertiary/aromatic N) is 2. The second-order valence-corrected chi connectivity index (χ2v) is 4.40. The third kappa shape index (κ3) is 3.99. The van der Waals surface area contributed by atoms with Crippen molar-refractivity contribution in [2.24, 2.45) is 0 Å². The number of carbonyl (C=O) groups is 1. The molecule has 0 fully saturated rings. The van der Waals surface area contributed by atoms with Crippen molar-refractivity contribution in [2.75, 3.05) is 5.32 Å². The third-order valence-corrected chi connectivity index (χ3v) is 2.91. The van der Waals surface area contributed by atoms with Gasteiger partial charge in [-0.15, -0.1) is 0 Å². The van der Waals surface area contributed by atoms with E-state index < -0.39 is 12.5 Å². The first kappa shape index (κ1) is 15.4. The number of nitrogens with one attached hydrogen (secondary N) is 1.